The number of hydrogen-bond acceptors (Lipinski definition) is 3. The third-order valence-corrected chi connectivity index (χ3v) is 4.07. The van der Waals surface area contributed by atoms with Gasteiger partial charge in [-0.2, -0.15) is 0 Å². The standard InChI is InChI=1S/C17H24FN3O3/c1-24-12-2-9-19-16(22)13-7-10-21(11-8-13)17(23)20-15-5-3-14(18)4-6-15/h3-6,13H,2,7-12H2,1H3,(H,19,22)(H,20,23). The quantitative estimate of drug-likeness (QED) is 0.782. The van der Waals surface area contributed by atoms with Crippen molar-refractivity contribution in [2.45, 2.75) is 19.3 Å². The molecule has 1 aromatic rings. The van der Waals surface area contributed by atoms with E-state index >= 15 is 0 Å². The molecule has 3 amide bonds. The highest BCUT2D eigenvalue weighted by Crippen LogP contribution is 2.18. The van der Waals surface area contributed by atoms with E-state index in [2.05, 4.69) is 10.6 Å². The summed E-state index contributed by atoms with van der Waals surface area (Å²) in [6.07, 6.45) is 2.08. The molecule has 0 radical (unpaired) electrons. The zero-order valence-electron chi connectivity index (χ0n) is 13.9. The van der Waals surface area contributed by atoms with Crippen molar-refractivity contribution in [3.8, 4) is 0 Å². The fourth-order valence-corrected chi connectivity index (χ4v) is 2.65. The zero-order chi connectivity index (χ0) is 17.4. The van der Waals surface area contributed by atoms with Crippen LogP contribution in [0.1, 0.15) is 19.3 Å². The van der Waals surface area contributed by atoms with E-state index in [1.165, 1.54) is 24.3 Å². The zero-order valence-corrected chi connectivity index (χ0v) is 13.9. The molecule has 0 bridgehead atoms. The highest BCUT2D eigenvalue weighted by atomic mass is 19.1. The van der Waals surface area contributed by atoms with Crippen LogP contribution < -0.4 is 10.6 Å². The maximum absolute atomic E-state index is 12.9. The molecule has 0 aromatic heterocycles. The van der Waals surface area contributed by atoms with E-state index in [-0.39, 0.29) is 23.7 Å². The number of benzene rings is 1. The van der Waals surface area contributed by atoms with Crippen LogP contribution in [0.5, 0.6) is 0 Å². The van der Waals surface area contributed by atoms with Crippen LogP contribution in [0.3, 0.4) is 0 Å². The van der Waals surface area contributed by atoms with E-state index in [1.807, 2.05) is 0 Å². The first-order valence-corrected chi connectivity index (χ1v) is 8.18. The number of methoxy groups -OCH3 is 1. The molecule has 6 nitrogen and oxygen atoms in total. The van der Waals surface area contributed by atoms with Crippen molar-refractivity contribution in [3.63, 3.8) is 0 Å². The Kier molecular flexibility index (Phi) is 6.99. The molecule has 24 heavy (non-hydrogen) atoms. The number of carbonyl (C=O) groups is 2. The fraction of sp³-hybridized carbons (Fsp3) is 0.529. The lowest BCUT2D eigenvalue weighted by atomic mass is 9.96. The lowest BCUT2D eigenvalue weighted by Crippen LogP contribution is -2.44. The summed E-state index contributed by atoms with van der Waals surface area (Å²) in [5.74, 6) is -0.350. The van der Waals surface area contributed by atoms with Crippen LogP contribution in [0.2, 0.25) is 0 Å². The van der Waals surface area contributed by atoms with E-state index in [0.29, 0.717) is 44.8 Å². The Balaban J connectivity index is 1.72. The van der Waals surface area contributed by atoms with Crippen molar-refractivity contribution in [1.29, 1.82) is 0 Å². The molecule has 0 unspecified atom stereocenters. The fourth-order valence-electron chi connectivity index (χ4n) is 2.65. The number of amides is 3. The van der Waals surface area contributed by atoms with Crippen molar-refractivity contribution < 1.29 is 18.7 Å². The molecule has 1 aliphatic rings. The van der Waals surface area contributed by atoms with Gasteiger partial charge in [0, 0.05) is 45.0 Å². The van der Waals surface area contributed by atoms with Gasteiger partial charge in [0.15, 0.2) is 0 Å². The molecule has 2 rings (SSSR count). The molecule has 0 aliphatic carbocycles. The Morgan fingerprint density at radius 3 is 2.54 bits per heavy atom. The monoisotopic (exact) mass is 337 g/mol. The number of rotatable bonds is 6. The molecule has 1 aliphatic heterocycles. The number of piperidine rings is 1. The number of carbonyl (C=O) groups excluding carboxylic acids is 2. The van der Waals surface area contributed by atoms with E-state index in [9.17, 15) is 14.0 Å². The summed E-state index contributed by atoms with van der Waals surface area (Å²) in [5, 5.41) is 5.64. The molecule has 0 atom stereocenters. The van der Waals surface area contributed by atoms with Gasteiger partial charge in [0.2, 0.25) is 5.91 Å². The minimum atomic E-state index is -0.342. The number of urea groups is 1. The number of anilines is 1. The molecule has 1 aromatic carbocycles. The molecule has 1 heterocycles. The van der Waals surface area contributed by atoms with Gasteiger partial charge >= 0.3 is 6.03 Å². The van der Waals surface area contributed by atoms with E-state index in [4.69, 9.17) is 4.74 Å². The predicted molar refractivity (Wildman–Crippen MR) is 89.2 cm³/mol. The summed E-state index contributed by atoms with van der Waals surface area (Å²) in [5.41, 5.74) is 0.555. The van der Waals surface area contributed by atoms with Crippen LogP contribution in [-0.4, -0.2) is 50.2 Å². The molecule has 0 saturated carbocycles. The van der Waals surface area contributed by atoms with Crippen molar-refractivity contribution in [3.05, 3.63) is 30.1 Å². The first-order valence-electron chi connectivity index (χ1n) is 8.18. The first kappa shape index (κ1) is 18.2. The van der Waals surface area contributed by atoms with Crippen LogP contribution in [0.4, 0.5) is 14.9 Å². The summed E-state index contributed by atoms with van der Waals surface area (Å²) in [7, 11) is 1.63. The SMILES string of the molecule is COCCCNC(=O)C1CCN(C(=O)Nc2ccc(F)cc2)CC1. The van der Waals surface area contributed by atoms with Gasteiger partial charge in [-0.3, -0.25) is 4.79 Å². The Morgan fingerprint density at radius 1 is 1.25 bits per heavy atom. The van der Waals surface area contributed by atoms with Crippen LogP contribution >= 0.6 is 0 Å². The Bertz CT molecular complexity index is 543. The Labute approximate surface area is 141 Å². The second kappa shape index (κ2) is 9.22. The van der Waals surface area contributed by atoms with Gasteiger partial charge in [0.25, 0.3) is 0 Å². The van der Waals surface area contributed by atoms with E-state index < -0.39 is 0 Å². The predicted octanol–water partition coefficient (Wildman–Crippen LogP) is 2.22. The van der Waals surface area contributed by atoms with Crippen LogP contribution in [0.25, 0.3) is 0 Å². The summed E-state index contributed by atoms with van der Waals surface area (Å²) in [4.78, 5) is 25.9. The van der Waals surface area contributed by atoms with Crippen LogP contribution in [0.15, 0.2) is 24.3 Å². The van der Waals surface area contributed by atoms with Gasteiger partial charge < -0.3 is 20.3 Å². The number of likely N-dealkylation sites (tertiary alicyclic amines) is 1. The number of nitrogens with zero attached hydrogens (tertiary/aromatic N) is 1. The topological polar surface area (TPSA) is 70.7 Å². The number of nitrogens with one attached hydrogen (secondary N) is 2. The normalized spacial score (nSPS) is 15.2. The Morgan fingerprint density at radius 2 is 1.92 bits per heavy atom. The second-order valence-electron chi connectivity index (χ2n) is 5.84. The summed E-state index contributed by atoms with van der Waals surface area (Å²) in [6.45, 7) is 2.30. The van der Waals surface area contributed by atoms with Crippen molar-refractivity contribution in [2.75, 3.05) is 38.7 Å². The third-order valence-electron chi connectivity index (χ3n) is 4.07. The summed E-state index contributed by atoms with van der Waals surface area (Å²) < 4.78 is 17.8. The van der Waals surface area contributed by atoms with Gasteiger partial charge in [0.05, 0.1) is 0 Å². The van der Waals surface area contributed by atoms with Crippen LogP contribution in [-0.2, 0) is 9.53 Å². The average molecular weight is 337 g/mol. The molecule has 2 N–H and O–H groups in total. The molecule has 0 spiro atoms. The van der Waals surface area contributed by atoms with Crippen LogP contribution in [0, 0.1) is 11.7 Å². The summed E-state index contributed by atoms with van der Waals surface area (Å²) in [6, 6.07) is 5.42. The van der Waals surface area contributed by atoms with Crippen molar-refractivity contribution in [2.24, 2.45) is 5.92 Å². The lowest BCUT2D eigenvalue weighted by Gasteiger charge is -2.31. The summed E-state index contributed by atoms with van der Waals surface area (Å²) >= 11 is 0. The van der Waals surface area contributed by atoms with Gasteiger partial charge in [-0.1, -0.05) is 0 Å². The van der Waals surface area contributed by atoms with E-state index in [1.54, 1.807) is 12.0 Å². The molecular weight excluding hydrogens is 313 g/mol. The third kappa shape index (κ3) is 5.49. The lowest BCUT2D eigenvalue weighted by molar-refractivity contribution is -0.126. The number of hydrogen-bond donors (Lipinski definition) is 2. The molecule has 1 saturated heterocycles. The second-order valence-corrected chi connectivity index (χ2v) is 5.84. The van der Waals surface area contributed by atoms with E-state index in [0.717, 1.165) is 6.42 Å². The molecular formula is C17H24FN3O3. The molecule has 132 valence electrons. The minimum absolute atomic E-state index is 0.0460. The van der Waals surface area contributed by atoms with Crippen molar-refractivity contribution >= 4 is 17.6 Å². The van der Waals surface area contributed by atoms with Gasteiger partial charge in [-0.05, 0) is 43.5 Å². The van der Waals surface area contributed by atoms with Gasteiger partial charge in [0.1, 0.15) is 5.82 Å². The van der Waals surface area contributed by atoms with Gasteiger partial charge in [-0.25, -0.2) is 9.18 Å². The number of ether oxygens (including phenoxy) is 1. The Hall–Kier alpha value is -2.15. The van der Waals surface area contributed by atoms with Crippen molar-refractivity contribution in [1.82, 2.24) is 10.2 Å². The number of halogens is 1. The first-order chi connectivity index (χ1) is 11.6. The van der Waals surface area contributed by atoms with Gasteiger partial charge in [-0.15, -0.1) is 0 Å². The smallest absolute Gasteiger partial charge is 0.321 e. The minimum Gasteiger partial charge on any atom is -0.385 e. The maximum atomic E-state index is 12.9. The molecule has 7 heteroatoms. The highest BCUT2D eigenvalue weighted by Gasteiger charge is 2.27. The molecule has 1 fully saturated rings. The largest absolute Gasteiger partial charge is 0.385 e. The maximum Gasteiger partial charge on any atom is 0.321 e. The highest BCUT2D eigenvalue weighted by molar-refractivity contribution is 5.89. The average Bonchev–Trinajstić information content (AvgIpc) is 2.60.